The fourth-order valence-corrected chi connectivity index (χ4v) is 3.60. The maximum atomic E-state index is 12.7. The van der Waals surface area contributed by atoms with Crippen molar-refractivity contribution >= 4 is 6.09 Å². The Morgan fingerprint density at radius 1 is 1.00 bits per heavy atom. The van der Waals surface area contributed by atoms with Crippen molar-refractivity contribution < 1.29 is 14.6 Å². The molecule has 4 rings (SSSR count). The molecule has 0 saturated carbocycles. The smallest absolute Gasteiger partial charge is 0.410 e. The first kappa shape index (κ1) is 18.1. The number of cyclic esters (lactones) is 1. The van der Waals surface area contributed by atoms with E-state index in [0.29, 0.717) is 36.4 Å². The van der Waals surface area contributed by atoms with Gasteiger partial charge in [0.2, 0.25) is 0 Å². The number of hydrogen-bond acceptors (Lipinski definition) is 6. The summed E-state index contributed by atoms with van der Waals surface area (Å²) in [6, 6.07) is 11.7. The van der Waals surface area contributed by atoms with Gasteiger partial charge in [0.25, 0.3) is 0 Å². The number of rotatable bonds is 5. The van der Waals surface area contributed by atoms with Crippen LogP contribution in [0.5, 0.6) is 0 Å². The molecule has 0 aliphatic carbocycles. The van der Waals surface area contributed by atoms with Crippen LogP contribution in [0.4, 0.5) is 4.79 Å². The molecular formula is C21H20N4O3. The summed E-state index contributed by atoms with van der Waals surface area (Å²) in [5.74, 6) is 0. The Morgan fingerprint density at radius 2 is 1.71 bits per heavy atom. The molecule has 1 aliphatic heterocycles. The Morgan fingerprint density at radius 3 is 2.25 bits per heavy atom. The fourth-order valence-electron chi connectivity index (χ4n) is 3.60. The zero-order valence-electron chi connectivity index (χ0n) is 15.2. The van der Waals surface area contributed by atoms with E-state index in [1.54, 1.807) is 67.4 Å². The molecule has 7 nitrogen and oxygen atoms in total. The van der Waals surface area contributed by atoms with Gasteiger partial charge >= 0.3 is 6.09 Å². The monoisotopic (exact) mass is 376 g/mol. The minimum absolute atomic E-state index is 0.364. The second-order valence-electron chi connectivity index (χ2n) is 6.57. The molecule has 7 heteroatoms. The Hall–Kier alpha value is -3.32. The highest BCUT2D eigenvalue weighted by atomic mass is 16.6. The van der Waals surface area contributed by atoms with Gasteiger partial charge < -0.3 is 9.84 Å². The normalized spacial score (nSPS) is 15.8. The zero-order chi connectivity index (χ0) is 19.4. The molecular weight excluding hydrogens is 356 g/mol. The highest BCUT2D eigenvalue weighted by molar-refractivity contribution is 5.69. The molecule has 1 aliphatic rings. The fraction of sp³-hybridized carbons (Fsp3) is 0.238. The zero-order valence-corrected chi connectivity index (χ0v) is 15.2. The number of aromatic nitrogens is 3. The van der Waals surface area contributed by atoms with Crippen molar-refractivity contribution in [2.24, 2.45) is 0 Å². The van der Waals surface area contributed by atoms with E-state index in [-0.39, 0.29) is 0 Å². The van der Waals surface area contributed by atoms with Crippen molar-refractivity contribution in [1.82, 2.24) is 19.9 Å². The van der Waals surface area contributed by atoms with E-state index in [9.17, 15) is 9.90 Å². The Labute approximate surface area is 162 Å². The van der Waals surface area contributed by atoms with Crippen molar-refractivity contribution in [3.8, 4) is 0 Å². The molecule has 4 heterocycles. The Balaban J connectivity index is 1.95. The van der Waals surface area contributed by atoms with Gasteiger partial charge in [0.1, 0.15) is 11.6 Å². The van der Waals surface area contributed by atoms with Crippen LogP contribution in [0.2, 0.25) is 0 Å². The first-order valence-corrected chi connectivity index (χ1v) is 9.09. The van der Waals surface area contributed by atoms with E-state index in [2.05, 4.69) is 15.0 Å². The lowest BCUT2D eigenvalue weighted by atomic mass is 9.79. The van der Waals surface area contributed by atoms with Crippen LogP contribution in [0.15, 0.2) is 73.4 Å². The number of amides is 1. The molecule has 1 saturated heterocycles. The number of carbonyl (C=O) groups is 1. The minimum Gasteiger partial charge on any atom is -0.449 e. The molecule has 0 bridgehead atoms. The number of ether oxygens (including phenoxy) is 1. The Bertz CT molecular complexity index is 883. The summed E-state index contributed by atoms with van der Waals surface area (Å²) in [6.07, 6.45) is 8.30. The minimum atomic E-state index is -1.62. The molecule has 1 N–H and O–H groups in total. The van der Waals surface area contributed by atoms with Gasteiger partial charge in [-0.3, -0.25) is 19.9 Å². The summed E-state index contributed by atoms with van der Waals surface area (Å²) >= 11 is 0. The van der Waals surface area contributed by atoms with Crippen molar-refractivity contribution in [3.05, 3.63) is 90.3 Å². The lowest BCUT2D eigenvalue weighted by Gasteiger charge is -2.43. The Kier molecular flexibility index (Phi) is 4.99. The molecule has 142 valence electrons. The van der Waals surface area contributed by atoms with E-state index in [0.717, 1.165) is 0 Å². The summed E-state index contributed by atoms with van der Waals surface area (Å²) in [6.45, 7) is 0.811. The summed E-state index contributed by atoms with van der Waals surface area (Å²) in [4.78, 5) is 27.0. The summed E-state index contributed by atoms with van der Waals surface area (Å²) in [5, 5.41) is 12.2. The average Bonchev–Trinajstić information content (AvgIpc) is 2.77. The van der Waals surface area contributed by atoms with Crippen LogP contribution < -0.4 is 0 Å². The van der Waals surface area contributed by atoms with Gasteiger partial charge in [-0.2, -0.15) is 0 Å². The predicted molar refractivity (Wildman–Crippen MR) is 101 cm³/mol. The maximum absolute atomic E-state index is 12.7. The van der Waals surface area contributed by atoms with E-state index in [1.165, 1.54) is 4.90 Å². The van der Waals surface area contributed by atoms with Gasteiger partial charge in [-0.15, -0.1) is 0 Å². The van der Waals surface area contributed by atoms with Crippen LogP contribution in [0.3, 0.4) is 0 Å². The van der Waals surface area contributed by atoms with E-state index < -0.39 is 17.7 Å². The van der Waals surface area contributed by atoms with Gasteiger partial charge in [0.15, 0.2) is 0 Å². The second-order valence-corrected chi connectivity index (χ2v) is 6.57. The number of carbonyl (C=O) groups excluding carboxylic acids is 1. The summed E-state index contributed by atoms with van der Waals surface area (Å²) in [7, 11) is 0. The molecule has 3 aromatic heterocycles. The summed E-state index contributed by atoms with van der Waals surface area (Å²) in [5.41, 5.74) is 0.0124. The molecule has 0 aromatic carbocycles. The van der Waals surface area contributed by atoms with Gasteiger partial charge in [-0.25, -0.2) is 4.79 Å². The van der Waals surface area contributed by atoms with Gasteiger partial charge in [0, 0.05) is 48.7 Å². The first-order valence-electron chi connectivity index (χ1n) is 9.09. The van der Waals surface area contributed by atoms with Crippen LogP contribution in [-0.4, -0.2) is 44.2 Å². The first-order chi connectivity index (χ1) is 13.7. The van der Waals surface area contributed by atoms with Gasteiger partial charge in [-0.1, -0.05) is 18.2 Å². The maximum Gasteiger partial charge on any atom is 0.410 e. The van der Waals surface area contributed by atoms with Crippen molar-refractivity contribution in [1.29, 1.82) is 0 Å². The third-order valence-electron chi connectivity index (χ3n) is 4.88. The molecule has 1 fully saturated rings. The molecule has 28 heavy (non-hydrogen) atoms. The lowest BCUT2D eigenvalue weighted by molar-refractivity contribution is -0.0376. The van der Waals surface area contributed by atoms with E-state index in [1.807, 2.05) is 6.07 Å². The second kappa shape index (κ2) is 7.74. The van der Waals surface area contributed by atoms with Crippen LogP contribution in [0.25, 0.3) is 0 Å². The SMILES string of the molecule is O=C1OCCCN1C(c1ccccn1)C(O)(c1cccnc1)c1cccnc1. The topological polar surface area (TPSA) is 88.4 Å². The largest absolute Gasteiger partial charge is 0.449 e. The molecule has 1 atom stereocenters. The molecule has 1 amide bonds. The number of aliphatic hydroxyl groups is 1. The third-order valence-corrected chi connectivity index (χ3v) is 4.88. The van der Waals surface area contributed by atoms with Crippen molar-refractivity contribution in [2.45, 2.75) is 18.1 Å². The molecule has 3 aromatic rings. The van der Waals surface area contributed by atoms with Gasteiger partial charge in [0.05, 0.1) is 12.3 Å². The molecule has 0 radical (unpaired) electrons. The van der Waals surface area contributed by atoms with Crippen LogP contribution >= 0.6 is 0 Å². The highest BCUT2D eigenvalue weighted by Crippen LogP contribution is 2.44. The molecule has 0 spiro atoms. The van der Waals surface area contributed by atoms with Crippen LogP contribution in [0.1, 0.15) is 29.3 Å². The van der Waals surface area contributed by atoms with Crippen molar-refractivity contribution in [2.75, 3.05) is 13.2 Å². The quantitative estimate of drug-likeness (QED) is 0.737. The standard InChI is InChI=1S/C21H20N4O3/c26-20-25(12-5-13-28-20)19(18-8-1-2-11-24-18)21(27,16-6-3-9-22-14-16)17-7-4-10-23-15-17/h1-4,6-11,14-15,19,27H,5,12-13H2. The van der Waals surface area contributed by atoms with Gasteiger partial charge in [-0.05, 0) is 30.7 Å². The average molecular weight is 376 g/mol. The number of hydrogen-bond donors (Lipinski definition) is 1. The lowest BCUT2D eigenvalue weighted by Crippen LogP contribution is -2.50. The highest BCUT2D eigenvalue weighted by Gasteiger charge is 2.48. The molecule has 1 unspecified atom stereocenters. The predicted octanol–water partition coefficient (Wildman–Crippen LogP) is 2.69. The van der Waals surface area contributed by atoms with E-state index >= 15 is 0 Å². The third kappa shape index (κ3) is 3.20. The van der Waals surface area contributed by atoms with Crippen molar-refractivity contribution in [3.63, 3.8) is 0 Å². The van der Waals surface area contributed by atoms with E-state index in [4.69, 9.17) is 4.74 Å². The van der Waals surface area contributed by atoms with Crippen LogP contribution in [-0.2, 0) is 10.3 Å². The summed E-state index contributed by atoms with van der Waals surface area (Å²) < 4.78 is 5.28. The number of pyridine rings is 3. The number of nitrogens with zero attached hydrogens (tertiary/aromatic N) is 4. The van der Waals surface area contributed by atoms with Crippen LogP contribution in [0, 0.1) is 0 Å².